The summed E-state index contributed by atoms with van der Waals surface area (Å²) in [4.78, 5) is 26.3. The molecule has 1 aliphatic rings. The van der Waals surface area contributed by atoms with Gasteiger partial charge >= 0.3 is 0 Å². The Morgan fingerprint density at radius 3 is 2.38 bits per heavy atom. The third-order valence-electron chi connectivity index (χ3n) is 4.04. The Balaban J connectivity index is 2.83. The fourth-order valence-corrected chi connectivity index (χ4v) is 3.23. The zero-order valence-corrected chi connectivity index (χ0v) is 14.1. The molecule has 0 aromatic heterocycles. The predicted molar refractivity (Wildman–Crippen MR) is 81.5 cm³/mol. The third kappa shape index (κ3) is 4.69. The number of carbonyl (C=O) groups excluding carboxylic acids is 2. The molecule has 122 valence electrons. The van der Waals surface area contributed by atoms with Crippen LogP contribution in [-0.4, -0.2) is 55.8 Å². The van der Waals surface area contributed by atoms with E-state index in [1.807, 2.05) is 20.8 Å². The van der Waals surface area contributed by atoms with Gasteiger partial charge in [-0.25, -0.2) is 8.42 Å². The van der Waals surface area contributed by atoms with Crippen molar-refractivity contribution in [1.82, 2.24) is 10.2 Å². The molecule has 0 radical (unpaired) electrons. The zero-order valence-electron chi connectivity index (χ0n) is 13.3. The Labute approximate surface area is 127 Å². The van der Waals surface area contributed by atoms with E-state index in [9.17, 15) is 18.0 Å². The van der Waals surface area contributed by atoms with Gasteiger partial charge in [-0.05, 0) is 18.8 Å². The molecule has 0 saturated carbocycles. The second-order valence-electron chi connectivity index (χ2n) is 5.81. The Morgan fingerprint density at radius 1 is 1.29 bits per heavy atom. The van der Waals surface area contributed by atoms with Crippen molar-refractivity contribution in [2.24, 2.45) is 5.92 Å². The van der Waals surface area contributed by atoms with Crippen molar-refractivity contribution in [3.05, 3.63) is 0 Å². The number of nitrogens with zero attached hydrogens (tertiary/aromatic N) is 1. The molecule has 1 N–H and O–H groups in total. The second-order valence-corrected chi connectivity index (χ2v) is 8.07. The summed E-state index contributed by atoms with van der Waals surface area (Å²) in [6.45, 7) is 6.07. The van der Waals surface area contributed by atoms with Crippen LogP contribution in [0.3, 0.4) is 0 Å². The van der Waals surface area contributed by atoms with E-state index in [-0.39, 0.29) is 23.5 Å². The monoisotopic (exact) mass is 318 g/mol. The molecule has 1 aliphatic heterocycles. The molecule has 0 aromatic carbocycles. The van der Waals surface area contributed by atoms with Crippen LogP contribution in [0.15, 0.2) is 0 Å². The molecule has 1 fully saturated rings. The average Bonchev–Trinajstić information content (AvgIpc) is 2.40. The van der Waals surface area contributed by atoms with E-state index < -0.39 is 21.9 Å². The normalized spacial score (nSPS) is 24.9. The molecule has 0 aromatic rings. The summed E-state index contributed by atoms with van der Waals surface area (Å²) < 4.78 is 22.4. The largest absolute Gasteiger partial charge is 0.342 e. The lowest BCUT2D eigenvalue weighted by Crippen LogP contribution is -2.64. The maximum Gasteiger partial charge on any atom is 0.246 e. The molecule has 7 heteroatoms. The summed E-state index contributed by atoms with van der Waals surface area (Å²) in [5, 5.41) is 2.81. The first-order valence-corrected chi connectivity index (χ1v) is 9.55. The molecule has 21 heavy (non-hydrogen) atoms. The minimum atomic E-state index is -3.05. The maximum absolute atomic E-state index is 12.6. The van der Waals surface area contributed by atoms with Crippen LogP contribution in [0.5, 0.6) is 0 Å². The van der Waals surface area contributed by atoms with Gasteiger partial charge < -0.3 is 10.2 Å². The highest BCUT2D eigenvalue weighted by Crippen LogP contribution is 2.19. The molecule has 0 aliphatic carbocycles. The summed E-state index contributed by atoms with van der Waals surface area (Å²) >= 11 is 0. The van der Waals surface area contributed by atoms with Crippen LogP contribution in [0.2, 0.25) is 0 Å². The third-order valence-corrected chi connectivity index (χ3v) is 5.07. The quantitative estimate of drug-likeness (QED) is 0.744. The first-order valence-electron chi connectivity index (χ1n) is 7.49. The maximum atomic E-state index is 12.6. The van der Waals surface area contributed by atoms with E-state index in [1.54, 1.807) is 4.90 Å². The van der Waals surface area contributed by atoms with Gasteiger partial charge in [-0.3, -0.25) is 9.59 Å². The average molecular weight is 318 g/mol. The number of hydrogen-bond donors (Lipinski definition) is 1. The summed E-state index contributed by atoms with van der Waals surface area (Å²) in [7, 11) is -3.05. The van der Waals surface area contributed by atoms with Gasteiger partial charge in [0.25, 0.3) is 0 Å². The molecule has 3 unspecified atom stereocenters. The molecule has 6 nitrogen and oxygen atoms in total. The topological polar surface area (TPSA) is 83.6 Å². The van der Waals surface area contributed by atoms with E-state index in [0.29, 0.717) is 19.4 Å². The lowest BCUT2D eigenvalue weighted by molar-refractivity contribution is -0.151. The van der Waals surface area contributed by atoms with Gasteiger partial charge in [0, 0.05) is 12.8 Å². The number of carbonyl (C=O) groups is 2. The Kier molecular flexibility index (Phi) is 6.19. The fraction of sp³-hybridized carbons (Fsp3) is 0.857. The summed E-state index contributed by atoms with van der Waals surface area (Å²) in [6.07, 6.45) is 2.87. The Bertz CT molecular complexity index is 489. The van der Waals surface area contributed by atoms with Crippen LogP contribution >= 0.6 is 0 Å². The highest BCUT2D eigenvalue weighted by molar-refractivity contribution is 7.90. The molecule has 0 bridgehead atoms. The van der Waals surface area contributed by atoms with Crippen LogP contribution in [0.4, 0.5) is 0 Å². The van der Waals surface area contributed by atoms with Crippen LogP contribution < -0.4 is 5.32 Å². The van der Waals surface area contributed by atoms with Gasteiger partial charge in [0.15, 0.2) is 0 Å². The first-order chi connectivity index (χ1) is 9.71. The zero-order chi connectivity index (χ0) is 16.2. The SMILES string of the molecule is CCC(C)C1NC(=O)C(CC)N(CCCS(C)(=O)=O)C1=O. The standard InChI is InChI=1S/C14H26N2O4S/c1-5-10(3)12-14(18)16(8-7-9-21(4,19)20)11(6-2)13(17)15-12/h10-12H,5-9H2,1-4H3,(H,15,17). The van der Waals surface area contributed by atoms with Gasteiger partial charge in [0.2, 0.25) is 11.8 Å². The van der Waals surface area contributed by atoms with Gasteiger partial charge in [-0.15, -0.1) is 0 Å². The van der Waals surface area contributed by atoms with Gasteiger partial charge in [0.05, 0.1) is 5.75 Å². The second kappa shape index (κ2) is 7.24. The van der Waals surface area contributed by atoms with Crippen molar-refractivity contribution < 1.29 is 18.0 Å². The molecule has 1 rings (SSSR count). The number of amides is 2. The first kappa shape index (κ1) is 17.9. The number of piperazine rings is 1. The fourth-order valence-electron chi connectivity index (χ4n) is 2.58. The Morgan fingerprint density at radius 2 is 1.90 bits per heavy atom. The van der Waals surface area contributed by atoms with Crippen molar-refractivity contribution in [1.29, 1.82) is 0 Å². The summed E-state index contributed by atoms with van der Waals surface area (Å²) in [5.41, 5.74) is 0. The Hall–Kier alpha value is -1.11. The lowest BCUT2D eigenvalue weighted by Gasteiger charge is -2.40. The van der Waals surface area contributed by atoms with Crippen LogP contribution in [-0.2, 0) is 19.4 Å². The van der Waals surface area contributed by atoms with Crippen molar-refractivity contribution in [3.63, 3.8) is 0 Å². The molecule has 1 saturated heterocycles. The van der Waals surface area contributed by atoms with E-state index in [2.05, 4.69) is 5.32 Å². The van der Waals surface area contributed by atoms with Gasteiger partial charge in [0.1, 0.15) is 21.9 Å². The highest BCUT2D eigenvalue weighted by Gasteiger charge is 2.40. The van der Waals surface area contributed by atoms with Crippen LogP contribution in [0.25, 0.3) is 0 Å². The van der Waals surface area contributed by atoms with Crippen molar-refractivity contribution >= 4 is 21.7 Å². The van der Waals surface area contributed by atoms with Crippen molar-refractivity contribution in [2.75, 3.05) is 18.6 Å². The van der Waals surface area contributed by atoms with Gasteiger partial charge in [-0.1, -0.05) is 27.2 Å². The predicted octanol–water partition coefficient (Wildman–Crippen LogP) is 0.573. The summed E-state index contributed by atoms with van der Waals surface area (Å²) in [6, 6.07) is -0.985. The molecule has 1 heterocycles. The van der Waals surface area contributed by atoms with E-state index >= 15 is 0 Å². The minimum Gasteiger partial charge on any atom is -0.342 e. The lowest BCUT2D eigenvalue weighted by atomic mass is 9.93. The van der Waals surface area contributed by atoms with E-state index in [0.717, 1.165) is 6.42 Å². The van der Waals surface area contributed by atoms with Crippen molar-refractivity contribution in [2.45, 2.75) is 52.1 Å². The number of nitrogens with one attached hydrogen (secondary N) is 1. The molecule has 3 atom stereocenters. The summed E-state index contributed by atoms with van der Waals surface area (Å²) in [5.74, 6) is -0.134. The molecular formula is C14H26N2O4S. The molecule has 0 spiro atoms. The smallest absolute Gasteiger partial charge is 0.246 e. The van der Waals surface area contributed by atoms with Crippen LogP contribution in [0.1, 0.15) is 40.0 Å². The number of rotatable bonds is 7. The van der Waals surface area contributed by atoms with Crippen LogP contribution in [0, 0.1) is 5.92 Å². The number of sulfone groups is 1. The van der Waals surface area contributed by atoms with Crippen molar-refractivity contribution in [3.8, 4) is 0 Å². The highest BCUT2D eigenvalue weighted by atomic mass is 32.2. The van der Waals surface area contributed by atoms with Gasteiger partial charge in [-0.2, -0.15) is 0 Å². The molecule has 2 amide bonds. The number of hydrogen-bond acceptors (Lipinski definition) is 4. The van der Waals surface area contributed by atoms with E-state index in [1.165, 1.54) is 6.26 Å². The molecular weight excluding hydrogens is 292 g/mol. The van der Waals surface area contributed by atoms with E-state index in [4.69, 9.17) is 0 Å². The minimum absolute atomic E-state index is 0.0306.